The molecule has 5 rings (SSSR count). The second kappa shape index (κ2) is 9.87. The first-order valence-electron chi connectivity index (χ1n) is 11.9. The summed E-state index contributed by atoms with van der Waals surface area (Å²) in [4.78, 5) is 8.82. The average Bonchev–Trinajstić information content (AvgIpc) is 3.52. The van der Waals surface area contributed by atoms with Gasteiger partial charge in [0.15, 0.2) is 0 Å². The number of likely N-dealkylation sites (N-methyl/N-ethyl adjacent to an activating group) is 1. The van der Waals surface area contributed by atoms with Crippen LogP contribution in [0, 0.1) is 13.8 Å². The molecule has 0 saturated carbocycles. The largest absolute Gasteiger partial charge is 0.495 e. The summed E-state index contributed by atoms with van der Waals surface area (Å²) in [6.45, 7) is 6.28. The van der Waals surface area contributed by atoms with Gasteiger partial charge in [-0.2, -0.15) is 4.98 Å². The van der Waals surface area contributed by atoms with Crippen LogP contribution in [0.3, 0.4) is 0 Å². The van der Waals surface area contributed by atoms with Crippen molar-refractivity contribution in [3.63, 3.8) is 0 Å². The Morgan fingerprint density at radius 2 is 1.73 bits per heavy atom. The number of nitrogens with zero attached hydrogens (tertiary/aromatic N) is 4. The second-order valence-electron chi connectivity index (χ2n) is 9.17. The molecular formula is C27H29N5O4S. The first kappa shape index (κ1) is 24.8. The summed E-state index contributed by atoms with van der Waals surface area (Å²) in [5, 5.41) is 3.97. The Bertz CT molecular complexity index is 1530. The molecule has 0 atom stereocenters. The molecule has 10 heteroatoms. The fourth-order valence-electron chi connectivity index (χ4n) is 4.49. The van der Waals surface area contributed by atoms with Crippen molar-refractivity contribution in [2.45, 2.75) is 18.7 Å². The molecule has 1 fully saturated rings. The lowest BCUT2D eigenvalue weighted by molar-refractivity contribution is 0.394. The highest BCUT2D eigenvalue weighted by atomic mass is 32.2. The number of aryl methyl sites for hydroxylation is 2. The highest BCUT2D eigenvalue weighted by Gasteiger charge is 2.22. The number of anilines is 2. The van der Waals surface area contributed by atoms with Crippen LogP contribution in [0.4, 0.5) is 11.4 Å². The van der Waals surface area contributed by atoms with E-state index in [2.05, 4.69) is 24.7 Å². The van der Waals surface area contributed by atoms with Gasteiger partial charge in [-0.1, -0.05) is 29.4 Å². The van der Waals surface area contributed by atoms with Gasteiger partial charge in [-0.3, -0.25) is 9.62 Å². The van der Waals surface area contributed by atoms with Crippen LogP contribution in [0.25, 0.3) is 22.5 Å². The van der Waals surface area contributed by atoms with Crippen molar-refractivity contribution < 1.29 is 17.7 Å². The van der Waals surface area contributed by atoms with Crippen LogP contribution in [-0.2, 0) is 10.0 Å². The van der Waals surface area contributed by atoms with Gasteiger partial charge < -0.3 is 14.2 Å². The minimum atomic E-state index is -3.78. The number of methoxy groups -OCH3 is 1. The van der Waals surface area contributed by atoms with Crippen molar-refractivity contribution in [1.82, 2.24) is 15.0 Å². The molecule has 0 radical (unpaired) electrons. The number of aromatic nitrogens is 2. The SMILES string of the molecule is COc1ccc(NS(=O)(=O)c2ccc(-c3ccc(-c4noc(C)n4)cc3C)cc2)cc1N1CCN(C)C1. The lowest BCUT2D eigenvalue weighted by Gasteiger charge is -2.22. The zero-order valence-electron chi connectivity index (χ0n) is 21.2. The van der Waals surface area contributed by atoms with Gasteiger partial charge in [-0.05, 0) is 67.1 Å². The molecule has 2 heterocycles. The van der Waals surface area contributed by atoms with Gasteiger partial charge >= 0.3 is 0 Å². The maximum absolute atomic E-state index is 13.2. The highest BCUT2D eigenvalue weighted by molar-refractivity contribution is 7.92. The Morgan fingerprint density at radius 1 is 0.973 bits per heavy atom. The Balaban J connectivity index is 1.36. The first-order chi connectivity index (χ1) is 17.7. The summed E-state index contributed by atoms with van der Waals surface area (Å²) in [6, 6.07) is 18.1. The quantitative estimate of drug-likeness (QED) is 0.380. The first-order valence-corrected chi connectivity index (χ1v) is 13.4. The third kappa shape index (κ3) is 5.16. The molecule has 1 aliphatic rings. The van der Waals surface area contributed by atoms with Crippen molar-refractivity contribution >= 4 is 21.4 Å². The average molecular weight is 520 g/mol. The van der Waals surface area contributed by atoms with E-state index < -0.39 is 10.0 Å². The van der Waals surface area contributed by atoms with Gasteiger partial charge in [-0.25, -0.2) is 8.42 Å². The smallest absolute Gasteiger partial charge is 0.261 e. The van der Waals surface area contributed by atoms with E-state index in [1.165, 1.54) is 0 Å². The van der Waals surface area contributed by atoms with E-state index in [4.69, 9.17) is 9.26 Å². The number of sulfonamides is 1. The van der Waals surface area contributed by atoms with Crippen molar-refractivity contribution in [2.75, 3.05) is 43.5 Å². The molecule has 1 N–H and O–H groups in total. The van der Waals surface area contributed by atoms with Crippen molar-refractivity contribution in [3.05, 3.63) is 72.1 Å². The van der Waals surface area contributed by atoms with E-state index >= 15 is 0 Å². The van der Waals surface area contributed by atoms with Gasteiger partial charge in [0.1, 0.15) is 5.75 Å². The van der Waals surface area contributed by atoms with Gasteiger partial charge in [0.05, 0.1) is 30.0 Å². The van der Waals surface area contributed by atoms with E-state index in [0.717, 1.165) is 47.7 Å². The summed E-state index contributed by atoms with van der Waals surface area (Å²) in [6.07, 6.45) is 0. The molecule has 37 heavy (non-hydrogen) atoms. The Kier molecular flexibility index (Phi) is 6.61. The van der Waals surface area contributed by atoms with E-state index in [1.807, 2.05) is 50.4 Å². The number of ether oxygens (including phenoxy) is 1. The molecule has 1 aliphatic heterocycles. The van der Waals surface area contributed by atoms with Crippen LogP contribution < -0.4 is 14.4 Å². The van der Waals surface area contributed by atoms with E-state index in [1.54, 1.807) is 38.3 Å². The number of rotatable bonds is 7. The fourth-order valence-corrected chi connectivity index (χ4v) is 5.54. The van der Waals surface area contributed by atoms with E-state index in [-0.39, 0.29) is 4.90 Å². The molecule has 9 nitrogen and oxygen atoms in total. The van der Waals surface area contributed by atoms with Crippen molar-refractivity contribution in [3.8, 4) is 28.3 Å². The van der Waals surface area contributed by atoms with Crippen LogP contribution in [0.1, 0.15) is 11.5 Å². The van der Waals surface area contributed by atoms with Gasteiger partial charge in [0.25, 0.3) is 10.0 Å². The Labute approximate surface area is 216 Å². The van der Waals surface area contributed by atoms with E-state index in [0.29, 0.717) is 23.2 Å². The van der Waals surface area contributed by atoms with Gasteiger partial charge in [-0.15, -0.1) is 0 Å². The minimum Gasteiger partial charge on any atom is -0.495 e. The molecule has 192 valence electrons. The van der Waals surface area contributed by atoms with Crippen molar-refractivity contribution in [1.29, 1.82) is 0 Å². The zero-order valence-corrected chi connectivity index (χ0v) is 22.0. The lowest BCUT2D eigenvalue weighted by Crippen LogP contribution is -2.23. The zero-order chi connectivity index (χ0) is 26.2. The van der Waals surface area contributed by atoms with Gasteiger partial charge in [0.2, 0.25) is 11.7 Å². The summed E-state index contributed by atoms with van der Waals surface area (Å²) in [5.74, 6) is 1.76. The summed E-state index contributed by atoms with van der Waals surface area (Å²) in [5.41, 5.74) is 5.14. The highest BCUT2D eigenvalue weighted by Crippen LogP contribution is 2.34. The third-order valence-electron chi connectivity index (χ3n) is 6.42. The summed E-state index contributed by atoms with van der Waals surface area (Å²) < 4.78 is 39.6. The van der Waals surface area contributed by atoms with E-state index in [9.17, 15) is 8.42 Å². The maximum atomic E-state index is 13.2. The standard InChI is InChI=1S/C27H29N5O4S/c1-18-15-21(27-28-19(2)36-29-27)7-11-24(18)20-5-9-23(10-6-20)37(33,34)30-22-8-12-26(35-4)25(16-22)32-14-13-31(3)17-32/h5-12,15-16,30H,13-14,17H2,1-4H3. The van der Waals surface area contributed by atoms with Crippen LogP contribution in [0.2, 0.25) is 0 Å². The predicted molar refractivity (Wildman–Crippen MR) is 143 cm³/mol. The number of hydrogen-bond acceptors (Lipinski definition) is 8. The number of hydrogen-bond donors (Lipinski definition) is 1. The van der Waals surface area contributed by atoms with Crippen LogP contribution in [0.5, 0.6) is 5.75 Å². The molecule has 4 aromatic rings. The molecule has 0 bridgehead atoms. The second-order valence-corrected chi connectivity index (χ2v) is 10.9. The van der Waals surface area contributed by atoms with Gasteiger partial charge in [0, 0.05) is 25.6 Å². The normalized spacial score (nSPS) is 14.2. The topological polar surface area (TPSA) is 101 Å². The van der Waals surface area contributed by atoms with Crippen LogP contribution in [0.15, 0.2) is 70.1 Å². The molecule has 3 aromatic carbocycles. The van der Waals surface area contributed by atoms with Crippen LogP contribution >= 0.6 is 0 Å². The lowest BCUT2D eigenvalue weighted by atomic mass is 9.98. The molecule has 1 aromatic heterocycles. The number of benzene rings is 3. The number of nitrogens with one attached hydrogen (secondary N) is 1. The molecule has 0 aliphatic carbocycles. The molecule has 0 spiro atoms. The molecule has 0 amide bonds. The Morgan fingerprint density at radius 3 is 2.35 bits per heavy atom. The third-order valence-corrected chi connectivity index (χ3v) is 7.82. The fraction of sp³-hybridized carbons (Fsp3) is 0.259. The maximum Gasteiger partial charge on any atom is 0.261 e. The molecule has 0 unspecified atom stereocenters. The minimum absolute atomic E-state index is 0.186. The molecular weight excluding hydrogens is 490 g/mol. The summed E-state index contributed by atoms with van der Waals surface area (Å²) >= 11 is 0. The van der Waals surface area contributed by atoms with Crippen molar-refractivity contribution in [2.24, 2.45) is 0 Å². The van der Waals surface area contributed by atoms with Crippen LogP contribution in [-0.4, -0.2) is 57.4 Å². The predicted octanol–water partition coefficient (Wildman–Crippen LogP) is 4.54. The monoisotopic (exact) mass is 519 g/mol. The Hall–Kier alpha value is -3.89. The molecule has 1 saturated heterocycles. The summed E-state index contributed by atoms with van der Waals surface area (Å²) in [7, 11) is -0.115.